The molecular weight excluding hydrogens is 150 g/mol. The van der Waals surface area contributed by atoms with Gasteiger partial charge in [0.2, 0.25) is 0 Å². The summed E-state index contributed by atoms with van der Waals surface area (Å²) in [4.78, 5) is 0. The van der Waals surface area contributed by atoms with Crippen molar-refractivity contribution in [2.45, 2.75) is 0 Å². The lowest BCUT2D eigenvalue weighted by atomic mass is 10.3. The first-order chi connectivity index (χ1) is 5.33. The van der Waals surface area contributed by atoms with Gasteiger partial charge in [-0.1, -0.05) is 0 Å². The molecule has 0 atom stereocenters. The molecule has 60 valence electrons. The Morgan fingerprint density at radius 3 is 2.36 bits per heavy atom. The molecule has 0 saturated carbocycles. The van der Waals surface area contributed by atoms with E-state index in [1.165, 1.54) is 24.3 Å². The smallest absolute Gasteiger partial charge is 0.123 e. The average molecular weight is 158 g/mol. The monoisotopic (exact) mass is 158 g/mol. The van der Waals surface area contributed by atoms with Crippen molar-refractivity contribution < 1.29 is 13.5 Å². The summed E-state index contributed by atoms with van der Waals surface area (Å²) in [6, 6.07) is 5.47. The van der Waals surface area contributed by atoms with E-state index in [2.05, 4.69) is 0 Å². The minimum Gasteiger partial charge on any atom is -0.491 e. The predicted octanol–water partition coefficient (Wildman–Crippen LogP) is 2.17. The molecule has 0 aliphatic heterocycles. The summed E-state index contributed by atoms with van der Waals surface area (Å²) >= 11 is 0. The van der Waals surface area contributed by atoms with Gasteiger partial charge in [0.15, 0.2) is 0 Å². The van der Waals surface area contributed by atoms with Crippen LogP contribution in [0.25, 0.3) is 0 Å². The Morgan fingerprint density at radius 1 is 1.18 bits per heavy atom. The van der Waals surface area contributed by atoms with E-state index in [4.69, 9.17) is 4.74 Å². The van der Waals surface area contributed by atoms with Crippen LogP contribution in [0.1, 0.15) is 0 Å². The summed E-state index contributed by atoms with van der Waals surface area (Å²) in [6.45, 7) is -0.511. The largest absolute Gasteiger partial charge is 0.491 e. The lowest BCUT2D eigenvalue weighted by Gasteiger charge is -2.01. The molecule has 0 fully saturated rings. The first-order valence-corrected chi connectivity index (χ1v) is 3.27. The molecule has 1 nitrogen and oxygen atoms in total. The van der Waals surface area contributed by atoms with Crippen LogP contribution in [0, 0.1) is 5.82 Å². The topological polar surface area (TPSA) is 9.23 Å². The van der Waals surface area contributed by atoms with Gasteiger partial charge in [0.05, 0.1) is 0 Å². The van der Waals surface area contributed by atoms with Crippen LogP contribution >= 0.6 is 0 Å². The summed E-state index contributed by atoms with van der Waals surface area (Å²) in [5.41, 5.74) is 0. The Labute approximate surface area is 63.6 Å². The molecule has 0 aromatic heterocycles. The maximum absolute atomic E-state index is 12.3. The third-order valence-electron chi connectivity index (χ3n) is 1.16. The number of ether oxygens (including phenoxy) is 1. The first-order valence-electron chi connectivity index (χ1n) is 3.27. The van der Waals surface area contributed by atoms with E-state index in [0.717, 1.165) is 0 Å². The van der Waals surface area contributed by atoms with Crippen molar-refractivity contribution >= 4 is 0 Å². The Kier molecular flexibility index (Phi) is 2.83. The molecule has 0 amide bonds. The maximum Gasteiger partial charge on any atom is 0.123 e. The molecule has 0 aliphatic carbocycles. The van der Waals surface area contributed by atoms with Gasteiger partial charge in [0, 0.05) is 0 Å². The van der Waals surface area contributed by atoms with E-state index in [0.29, 0.717) is 5.75 Å². The Balaban J connectivity index is 2.52. The highest BCUT2D eigenvalue weighted by Crippen LogP contribution is 2.10. The molecule has 1 aromatic carbocycles. The van der Waals surface area contributed by atoms with Crippen LogP contribution < -0.4 is 4.74 Å². The van der Waals surface area contributed by atoms with Crippen LogP contribution in [-0.2, 0) is 0 Å². The van der Waals surface area contributed by atoms with Gasteiger partial charge in [-0.25, -0.2) is 8.78 Å². The molecule has 0 aliphatic rings. The van der Waals surface area contributed by atoms with Crippen LogP contribution in [0.4, 0.5) is 8.78 Å². The van der Waals surface area contributed by atoms with E-state index in [1.807, 2.05) is 0 Å². The maximum atomic E-state index is 12.3. The zero-order chi connectivity index (χ0) is 8.10. The molecule has 0 radical (unpaired) electrons. The Bertz CT molecular complexity index is 208. The van der Waals surface area contributed by atoms with Gasteiger partial charge in [0.1, 0.15) is 24.8 Å². The quantitative estimate of drug-likeness (QED) is 0.655. The van der Waals surface area contributed by atoms with E-state index in [9.17, 15) is 8.78 Å². The molecule has 0 N–H and O–H groups in total. The van der Waals surface area contributed by atoms with E-state index in [-0.39, 0.29) is 12.4 Å². The van der Waals surface area contributed by atoms with Crippen LogP contribution in [0.3, 0.4) is 0 Å². The summed E-state index contributed by atoms with van der Waals surface area (Å²) < 4.78 is 28.7. The van der Waals surface area contributed by atoms with Gasteiger partial charge in [0.25, 0.3) is 0 Å². The van der Waals surface area contributed by atoms with Crippen molar-refractivity contribution in [3.05, 3.63) is 30.1 Å². The second-order valence-corrected chi connectivity index (χ2v) is 1.99. The summed E-state index contributed by atoms with van der Waals surface area (Å²) in [5.74, 6) is 0.168. The normalized spacial score (nSPS) is 9.64. The summed E-state index contributed by atoms with van der Waals surface area (Å²) in [6.07, 6.45) is 0. The zero-order valence-electron chi connectivity index (χ0n) is 5.89. The number of rotatable bonds is 3. The highest BCUT2D eigenvalue weighted by atomic mass is 19.1. The van der Waals surface area contributed by atoms with Crippen LogP contribution in [0.2, 0.25) is 0 Å². The third kappa shape index (κ3) is 2.53. The van der Waals surface area contributed by atoms with Crippen molar-refractivity contribution in [3.63, 3.8) is 0 Å². The number of halogens is 2. The Hall–Kier alpha value is -1.12. The lowest BCUT2D eigenvalue weighted by Crippen LogP contribution is -1.98. The lowest BCUT2D eigenvalue weighted by molar-refractivity contribution is 0.273. The second-order valence-electron chi connectivity index (χ2n) is 1.99. The number of hydrogen-bond acceptors (Lipinski definition) is 1. The van der Waals surface area contributed by atoms with Gasteiger partial charge < -0.3 is 4.74 Å². The summed E-state index contributed by atoms with van der Waals surface area (Å²) in [5, 5.41) is 0. The number of alkyl halides is 1. The molecule has 0 spiro atoms. The van der Waals surface area contributed by atoms with Crippen molar-refractivity contribution in [2.24, 2.45) is 0 Å². The fraction of sp³-hybridized carbons (Fsp3) is 0.250. The van der Waals surface area contributed by atoms with Crippen LogP contribution in [0.15, 0.2) is 24.3 Å². The van der Waals surface area contributed by atoms with Gasteiger partial charge >= 0.3 is 0 Å². The van der Waals surface area contributed by atoms with Gasteiger partial charge in [-0.05, 0) is 24.3 Å². The van der Waals surface area contributed by atoms with Crippen molar-refractivity contribution in [1.29, 1.82) is 0 Å². The van der Waals surface area contributed by atoms with Gasteiger partial charge in [-0.3, -0.25) is 0 Å². The summed E-state index contributed by atoms with van der Waals surface area (Å²) in [7, 11) is 0. The van der Waals surface area contributed by atoms with Gasteiger partial charge in [-0.2, -0.15) is 0 Å². The fourth-order valence-electron chi connectivity index (χ4n) is 0.687. The SMILES string of the molecule is FCCOc1ccc(F)cc1. The zero-order valence-corrected chi connectivity index (χ0v) is 5.89. The fourth-order valence-corrected chi connectivity index (χ4v) is 0.687. The third-order valence-corrected chi connectivity index (χ3v) is 1.16. The van der Waals surface area contributed by atoms with E-state index < -0.39 is 6.67 Å². The molecule has 1 rings (SSSR count). The minimum atomic E-state index is -0.530. The van der Waals surface area contributed by atoms with Crippen molar-refractivity contribution in [3.8, 4) is 5.75 Å². The van der Waals surface area contributed by atoms with Gasteiger partial charge in [-0.15, -0.1) is 0 Å². The van der Waals surface area contributed by atoms with E-state index >= 15 is 0 Å². The minimum absolute atomic E-state index is 0.0195. The highest BCUT2D eigenvalue weighted by molar-refractivity contribution is 5.21. The van der Waals surface area contributed by atoms with E-state index in [1.54, 1.807) is 0 Å². The highest BCUT2D eigenvalue weighted by Gasteiger charge is 1.92. The molecule has 0 heterocycles. The van der Waals surface area contributed by atoms with Crippen LogP contribution in [-0.4, -0.2) is 13.3 Å². The average Bonchev–Trinajstić information content (AvgIpc) is 2.04. The molecule has 1 aromatic rings. The number of benzene rings is 1. The molecule has 0 bridgehead atoms. The molecule has 0 saturated heterocycles. The molecular formula is C8H8F2O. The molecule has 3 heteroatoms. The predicted molar refractivity (Wildman–Crippen MR) is 37.9 cm³/mol. The van der Waals surface area contributed by atoms with Crippen molar-refractivity contribution in [2.75, 3.05) is 13.3 Å². The second kappa shape index (κ2) is 3.91. The Morgan fingerprint density at radius 2 is 1.82 bits per heavy atom. The first kappa shape index (κ1) is 7.98. The van der Waals surface area contributed by atoms with Crippen molar-refractivity contribution in [1.82, 2.24) is 0 Å². The molecule has 0 unspecified atom stereocenters. The standard InChI is InChI=1S/C8H8F2O/c9-5-6-11-8-3-1-7(10)2-4-8/h1-4H,5-6H2. The number of hydrogen-bond donors (Lipinski definition) is 0. The molecule has 11 heavy (non-hydrogen) atoms. The van der Waals surface area contributed by atoms with Crippen LogP contribution in [0.5, 0.6) is 5.75 Å².